The topological polar surface area (TPSA) is 75.3 Å². The maximum Gasteiger partial charge on any atom is 0.275 e. The smallest absolute Gasteiger partial charge is 0.275 e. The van der Waals surface area contributed by atoms with E-state index in [9.17, 15) is 9.59 Å². The normalized spacial score (nSPS) is 18.6. The molecule has 1 aliphatic rings. The summed E-state index contributed by atoms with van der Waals surface area (Å²) < 4.78 is 5.26. The fraction of sp³-hybridized carbons (Fsp3) is 0.357. The molecule has 1 saturated heterocycles. The SMILES string of the molecule is COC1CCN(C(=O)c2n[nH]c(=O)c3ccccc23)C1. The Morgan fingerprint density at radius 3 is 2.85 bits per heavy atom. The minimum absolute atomic E-state index is 0.0768. The fourth-order valence-corrected chi connectivity index (χ4v) is 2.53. The zero-order valence-corrected chi connectivity index (χ0v) is 11.1. The van der Waals surface area contributed by atoms with Gasteiger partial charge < -0.3 is 9.64 Å². The van der Waals surface area contributed by atoms with Crippen molar-refractivity contribution in [3.63, 3.8) is 0 Å². The van der Waals surface area contributed by atoms with Gasteiger partial charge in [0, 0.05) is 25.6 Å². The lowest BCUT2D eigenvalue weighted by Crippen LogP contribution is -2.31. The number of benzene rings is 1. The van der Waals surface area contributed by atoms with E-state index in [1.54, 1.807) is 36.3 Å². The average molecular weight is 273 g/mol. The van der Waals surface area contributed by atoms with Crippen LogP contribution < -0.4 is 5.56 Å². The van der Waals surface area contributed by atoms with Gasteiger partial charge in [0.1, 0.15) is 0 Å². The van der Waals surface area contributed by atoms with Gasteiger partial charge in [-0.3, -0.25) is 9.59 Å². The van der Waals surface area contributed by atoms with Gasteiger partial charge in [-0.05, 0) is 12.5 Å². The van der Waals surface area contributed by atoms with Crippen molar-refractivity contribution in [3.05, 3.63) is 40.3 Å². The Morgan fingerprint density at radius 2 is 2.15 bits per heavy atom. The summed E-state index contributed by atoms with van der Waals surface area (Å²) in [5.41, 5.74) is 0.00490. The molecule has 0 saturated carbocycles. The standard InChI is InChI=1S/C14H15N3O3/c1-20-9-6-7-17(8-9)14(19)12-10-4-2-3-5-11(10)13(18)16-15-12/h2-5,9H,6-8H2,1H3,(H,16,18). The van der Waals surface area contributed by atoms with Crippen LogP contribution in [0.3, 0.4) is 0 Å². The molecular formula is C14H15N3O3. The third kappa shape index (κ3) is 2.08. The summed E-state index contributed by atoms with van der Waals surface area (Å²) in [6.07, 6.45) is 0.900. The summed E-state index contributed by atoms with van der Waals surface area (Å²) in [6.45, 7) is 1.21. The number of methoxy groups -OCH3 is 1. The molecule has 0 aliphatic carbocycles. The lowest BCUT2D eigenvalue weighted by atomic mass is 10.1. The molecule has 6 nitrogen and oxygen atoms in total. The van der Waals surface area contributed by atoms with E-state index in [0.717, 1.165) is 6.42 Å². The highest BCUT2D eigenvalue weighted by molar-refractivity contribution is 6.04. The molecule has 1 aromatic carbocycles. The van der Waals surface area contributed by atoms with Crippen molar-refractivity contribution in [1.29, 1.82) is 0 Å². The molecule has 104 valence electrons. The van der Waals surface area contributed by atoms with Crippen molar-refractivity contribution < 1.29 is 9.53 Å². The molecule has 0 radical (unpaired) electrons. The minimum atomic E-state index is -0.284. The number of hydrogen-bond donors (Lipinski definition) is 1. The summed E-state index contributed by atoms with van der Waals surface area (Å²) in [7, 11) is 1.65. The molecule has 3 rings (SSSR count). The van der Waals surface area contributed by atoms with Crippen molar-refractivity contribution in [2.75, 3.05) is 20.2 Å². The third-order valence-corrected chi connectivity index (χ3v) is 3.66. The molecule has 1 aliphatic heterocycles. The predicted octanol–water partition coefficient (Wildman–Crippen LogP) is 0.784. The number of H-pyrrole nitrogens is 1. The number of rotatable bonds is 2. The first-order valence-corrected chi connectivity index (χ1v) is 6.50. The number of hydrogen-bond acceptors (Lipinski definition) is 4. The predicted molar refractivity (Wildman–Crippen MR) is 73.7 cm³/mol. The number of carbonyl (C=O) groups excluding carboxylic acids is 1. The Morgan fingerprint density at radius 1 is 1.40 bits per heavy atom. The number of carbonyl (C=O) groups is 1. The van der Waals surface area contributed by atoms with E-state index in [2.05, 4.69) is 10.2 Å². The summed E-state index contributed by atoms with van der Waals surface area (Å²) in [5.74, 6) is -0.169. The minimum Gasteiger partial charge on any atom is -0.380 e. The monoisotopic (exact) mass is 273 g/mol. The average Bonchev–Trinajstić information content (AvgIpc) is 2.96. The molecule has 2 aromatic rings. The maximum absolute atomic E-state index is 12.5. The van der Waals surface area contributed by atoms with Crippen LogP contribution in [0, 0.1) is 0 Å². The van der Waals surface area contributed by atoms with E-state index in [1.165, 1.54) is 0 Å². The molecule has 2 heterocycles. The van der Waals surface area contributed by atoms with E-state index in [1.807, 2.05) is 0 Å². The van der Waals surface area contributed by atoms with Gasteiger partial charge in [0.05, 0.1) is 11.5 Å². The van der Waals surface area contributed by atoms with Crippen LogP contribution in [-0.2, 0) is 4.74 Å². The molecule has 1 unspecified atom stereocenters. The Labute approximate surface area is 115 Å². The van der Waals surface area contributed by atoms with E-state index >= 15 is 0 Å². The highest BCUT2D eigenvalue weighted by Gasteiger charge is 2.28. The van der Waals surface area contributed by atoms with Gasteiger partial charge in [-0.2, -0.15) is 5.10 Å². The van der Waals surface area contributed by atoms with Crippen molar-refractivity contribution in [1.82, 2.24) is 15.1 Å². The van der Waals surface area contributed by atoms with Crippen molar-refractivity contribution in [3.8, 4) is 0 Å². The molecule has 0 bridgehead atoms. The lowest BCUT2D eigenvalue weighted by molar-refractivity contribution is 0.0720. The van der Waals surface area contributed by atoms with Crippen LogP contribution in [0.4, 0.5) is 0 Å². The van der Waals surface area contributed by atoms with Crippen LogP contribution in [0.2, 0.25) is 0 Å². The van der Waals surface area contributed by atoms with Crippen LogP contribution in [0.5, 0.6) is 0 Å². The van der Waals surface area contributed by atoms with E-state index in [4.69, 9.17) is 4.74 Å². The molecule has 6 heteroatoms. The number of nitrogens with zero attached hydrogens (tertiary/aromatic N) is 2. The number of ether oxygens (including phenoxy) is 1. The second-order valence-corrected chi connectivity index (χ2v) is 4.84. The molecule has 1 aromatic heterocycles. The summed E-state index contributed by atoms with van der Waals surface area (Å²) >= 11 is 0. The van der Waals surface area contributed by atoms with E-state index in [0.29, 0.717) is 23.9 Å². The van der Waals surface area contributed by atoms with Crippen LogP contribution in [0.1, 0.15) is 16.9 Å². The van der Waals surface area contributed by atoms with Gasteiger partial charge in [0.2, 0.25) is 0 Å². The first-order valence-electron chi connectivity index (χ1n) is 6.50. The highest BCUT2D eigenvalue weighted by atomic mass is 16.5. The van der Waals surface area contributed by atoms with Crippen LogP contribution in [0.15, 0.2) is 29.1 Å². The van der Waals surface area contributed by atoms with E-state index < -0.39 is 0 Å². The van der Waals surface area contributed by atoms with Gasteiger partial charge in [0.15, 0.2) is 5.69 Å². The van der Waals surface area contributed by atoms with Gasteiger partial charge in [-0.15, -0.1) is 0 Å². The second kappa shape index (κ2) is 5.05. The van der Waals surface area contributed by atoms with Gasteiger partial charge in [0.25, 0.3) is 11.5 Å². The van der Waals surface area contributed by atoms with Crippen molar-refractivity contribution in [2.45, 2.75) is 12.5 Å². The molecule has 1 N–H and O–H groups in total. The fourth-order valence-electron chi connectivity index (χ4n) is 2.53. The number of nitrogens with one attached hydrogen (secondary N) is 1. The first-order chi connectivity index (χ1) is 9.70. The second-order valence-electron chi connectivity index (χ2n) is 4.84. The Balaban J connectivity index is 2.01. The van der Waals surface area contributed by atoms with E-state index in [-0.39, 0.29) is 23.3 Å². The number of amides is 1. The number of aromatic nitrogens is 2. The van der Waals surface area contributed by atoms with Crippen LogP contribution >= 0.6 is 0 Å². The Kier molecular flexibility index (Phi) is 3.23. The Hall–Kier alpha value is -2.21. The maximum atomic E-state index is 12.5. The summed E-state index contributed by atoms with van der Waals surface area (Å²) in [4.78, 5) is 25.9. The third-order valence-electron chi connectivity index (χ3n) is 3.66. The Bertz CT molecular complexity index is 710. The zero-order chi connectivity index (χ0) is 14.1. The molecule has 1 fully saturated rings. The molecular weight excluding hydrogens is 258 g/mol. The summed E-state index contributed by atoms with van der Waals surface area (Å²) in [6, 6.07) is 6.99. The number of aromatic amines is 1. The first kappa shape index (κ1) is 12.8. The number of fused-ring (bicyclic) bond motifs is 1. The van der Waals surface area contributed by atoms with Gasteiger partial charge in [-0.25, -0.2) is 5.10 Å². The molecule has 0 spiro atoms. The van der Waals surface area contributed by atoms with Crippen molar-refractivity contribution >= 4 is 16.7 Å². The zero-order valence-electron chi connectivity index (χ0n) is 11.1. The van der Waals surface area contributed by atoms with Crippen LogP contribution in [-0.4, -0.2) is 47.3 Å². The van der Waals surface area contributed by atoms with Crippen molar-refractivity contribution in [2.24, 2.45) is 0 Å². The highest BCUT2D eigenvalue weighted by Crippen LogP contribution is 2.18. The lowest BCUT2D eigenvalue weighted by Gasteiger charge is -2.16. The number of likely N-dealkylation sites (tertiary alicyclic amines) is 1. The molecule has 20 heavy (non-hydrogen) atoms. The van der Waals surface area contributed by atoms with Gasteiger partial charge >= 0.3 is 0 Å². The molecule has 1 atom stereocenters. The largest absolute Gasteiger partial charge is 0.380 e. The molecule has 1 amide bonds. The van der Waals surface area contributed by atoms with Gasteiger partial charge in [-0.1, -0.05) is 18.2 Å². The van der Waals surface area contributed by atoms with Crippen LogP contribution in [0.25, 0.3) is 10.8 Å². The summed E-state index contributed by atoms with van der Waals surface area (Å²) in [5, 5.41) is 7.39. The quantitative estimate of drug-likeness (QED) is 0.877.